The third-order valence-corrected chi connectivity index (χ3v) is 2.92. The van der Waals surface area contributed by atoms with E-state index in [-0.39, 0.29) is 6.54 Å². The molecule has 4 N–H and O–H groups in total. The zero-order valence-corrected chi connectivity index (χ0v) is 9.45. The first-order chi connectivity index (χ1) is 6.78. The van der Waals surface area contributed by atoms with E-state index in [0.717, 1.165) is 7.11 Å². The van der Waals surface area contributed by atoms with Gasteiger partial charge in [-0.3, -0.25) is 4.79 Å². The maximum absolute atomic E-state index is 11.2. The standard InChI is InChI=1S/C7H16N2O5S/c1-5(10)6(8)3-9-15(12,13)4-7(11)14-2/h5-6,9-10H,3-4,8H2,1-2H3. The molecular weight excluding hydrogens is 224 g/mol. The fourth-order valence-electron chi connectivity index (χ4n) is 0.659. The quantitative estimate of drug-likeness (QED) is 0.453. The number of hydrogen-bond donors (Lipinski definition) is 3. The first-order valence-electron chi connectivity index (χ1n) is 4.26. The van der Waals surface area contributed by atoms with E-state index >= 15 is 0 Å². The van der Waals surface area contributed by atoms with Crippen molar-refractivity contribution in [3.8, 4) is 0 Å². The Hall–Kier alpha value is -0.700. The molecule has 15 heavy (non-hydrogen) atoms. The second-order valence-electron chi connectivity index (χ2n) is 3.09. The number of nitrogens with one attached hydrogen (secondary N) is 1. The summed E-state index contributed by atoms with van der Waals surface area (Å²) >= 11 is 0. The summed E-state index contributed by atoms with van der Waals surface area (Å²) in [5.41, 5.74) is 5.39. The molecule has 2 atom stereocenters. The number of aliphatic hydroxyl groups is 1. The number of aliphatic hydroxyl groups excluding tert-OH is 1. The van der Waals surface area contributed by atoms with E-state index in [1.807, 2.05) is 0 Å². The van der Waals surface area contributed by atoms with Crippen LogP contribution in [0.2, 0.25) is 0 Å². The Bertz CT molecular complexity index is 301. The highest BCUT2D eigenvalue weighted by Crippen LogP contribution is 1.90. The van der Waals surface area contributed by atoms with Crippen LogP contribution in [0.25, 0.3) is 0 Å². The molecular formula is C7H16N2O5S. The number of esters is 1. The fraction of sp³-hybridized carbons (Fsp3) is 0.857. The number of sulfonamides is 1. The average Bonchev–Trinajstić information content (AvgIpc) is 2.13. The van der Waals surface area contributed by atoms with Gasteiger partial charge in [0.2, 0.25) is 10.0 Å². The van der Waals surface area contributed by atoms with E-state index in [1.54, 1.807) is 0 Å². The molecule has 90 valence electrons. The number of ether oxygens (including phenoxy) is 1. The van der Waals surface area contributed by atoms with Gasteiger partial charge in [0.05, 0.1) is 13.2 Å². The SMILES string of the molecule is COC(=O)CS(=O)(=O)NCC(N)C(C)O. The van der Waals surface area contributed by atoms with Crippen LogP contribution in [0.4, 0.5) is 0 Å². The highest BCUT2D eigenvalue weighted by molar-refractivity contribution is 7.90. The van der Waals surface area contributed by atoms with Gasteiger partial charge in [-0.25, -0.2) is 13.1 Å². The van der Waals surface area contributed by atoms with Crippen LogP contribution in [0.3, 0.4) is 0 Å². The summed E-state index contributed by atoms with van der Waals surface area (Å²) in [4.78, 5) is 10.7. The van der Waals surface area contributed by atoms with Crippen molar-refractivity contribution in [2.75, 3.05) is 19.4 Å². The summed E-state index contributed by atoms with van der Waals surface area (Å²) < 4.78 is 28.6. The van der Waals surface area contributed by atoms with Gasteiger partial charge in [-0.2, -0.15) is 0 Å². The average molecular weight is 240 g/mol. The summed E-state index contributed by atoms with van der Waals surface area (Å²) in [5, 5.41) is 8.99. The van der Waals surface area contributed by atoms with Gasteiger partial charge in [-0.05, 0) is 6.92 Å². The number of nitrogens with two attached hydrogens (primary N) is 1. The van der Waals surface area contributed by atoms with Gasteiger partial charge < -0.3 is 15.6 Å². The van der Waals surface area contributed by atoms with Crippen molar-refractivity contribution in [2.24, 2.45) is 5.73 Å². The Morgan fingerprint density at radius 2 is 2.13 bits per heavy atom. The minimum absolute atomic E-state index is 0.128. The van der Waals surface area contributed by atoms with Crippen molar-refractivity contribution in [3.05, 3.63) is 0 Å². The van der Waals surface area contributed by atoms with Crippen molar-refractivity contribution in [3.63, 3.8) is 0 Å². The molecule has 0 radical (unpaired) electrons. The molecule has 8 heteroatoms. The molecule has 7 nitrogen and oxygen atoms in total. The van der Waals surface area contributed by atoms with Crippen LogP contribution in [-0.2, 0) is 19.6 Å². The molecule has 0 spiro atoms. The van der Waals surface area contributed by atoms with Crippen molar-refractivity contribution in [1.29, 1.82) is 0 Å². The van der Waals surface area contributed by atoms with E-state index in [9.17, 15) is 13.2 Å². The van der Waals surface area contributed by atoms with Crippen LogP contribution in [-0.4, -0.2) is 51.0 Å². The van der Waals surface area contributed by atoms with E-state index < -0.39 is 33.9 Å². The third kappa shape index (κ3) is 6.39. The van der Waals surface area contributed by atoms with Crippen molar-refractivity contribution in [2.45, 2.75) is 19.1 Å². The largest absolute Gasteiger partial charge is 0.468 e. The Balaban J connectivity index is 4.11. The van der Waals surface area contributed by atoms with Crippen LogP contribution < -0.4 is 10.5 Å². The lowest BCUT2D eigenvalue weighted by atomic mass is 10.2. The first-order valence-corrected chi connectivity index (χ1v) is 5.91. The minimum atomic E-state index is -3.74. The molecule has 0 fully saturated rings. The third-order valence-electron chi connectivity index (χ3n) is 1.69. The molecule has 0 aliphatic heterocycles. The summed E-state index contributed by atoms with van der Waals surface area (Å²) in [6.07, 6.45) is -0.828. The van der Waals surface area contributed by atoms with Gasteiger partial charge in [0.15, 0.2) is 5.75 Å². The summed E-state index contributed by atoms with van der Waals surface area (Å²) in [5.74, 6) is -1.61. The summed E-state index contributed by atoms with van der Waals surface area (Å²) in [7, 11) is -2.64. The van der Waals surface area contributed by atoms with E-state index in [4.69, 9.17) is 10.8 Å². The lowest BCUT2D eigenvalue weighted by molar-refractivity contribution is -0.137. The summed E-state index contributed by atoms with van der Waals surface area (Å²) in [6, 6.07) is -0.711. The van der Waals surface area contributed by atoms with Gasteiger partial charge in [0, 0.05) is 12.6 Å². The Labute approximate surface area is 88.6 Å². The van der Waals surface area contributed by atoms with E-state index in [0.29, 0.717) is 0 Å². The van der Waals surface area contributed by atoms with Crippen molar-refractivity contribution >= 4 is 16.0 Å². The molecule has 0 amide bonds. The molecule has 0 aliphatic rings. The topological polar surface area (TPSA) is 119 Å². The predicted octanol–water partition coefficient (Wildman–Crippen LogP) is -2.21. The molecule has 0 aromatic carbocycles. The monoisotopic (exact) mass is 240 g/mol. The van der Waals surface area contributed by atoms with Crippen molar-refractivity contribution in [1.82, 2.24) is 4.72 Å². The van der Waals surface area contributed by atoms with Crippen LogP contribution in [0.5, 0.6) is 0 Å². The van der Waals surface area contributed by atoms with Gasteiger partial charge in [-0.1, -0.05) is 0 Å². The number of carbonyl (C=O) groups is 1. The van der Waals surface area contributed by atoms with Crippen LogP contribution >= 0.6 is 0 Å². The molecule has 0 saturated heterocycles. The predicted molar refractivity (Wildman–Crippen MR) is 53.5 cm³/mol. The Morgan fingerprint density at radius 3 is 2.53 bits per heavy atom. The zero-order valence-electron chi connectivity index (χ0n) is 8.63. The highest BCUT2D eigenvalue weighted by atomic mass is 32.2. The fourth-order valence-corrected chi connectivity index (χ4v) is 1.64. The molecule has 2 unspecified atom stereocenters. The van der Waals surface area contributed by atoms with Gasteiger partial charge in [0.25, 0.3) is 0 Å². The number of hydrogen-bond acceptors (Lipinski definition) is 6. The molecule has 0 saturated carbocycles. The lowest BCUT2D eigenvalue weighted by Gasteiger charge is -2.14. The first kappa shape index (κ1) is 14.3. The molecule has 0 rings (SSSR count). The Kier molecular flexibility index (Phi) is 5.73. The van der Waals surface area contributed by atoms with Crippen LogP contribution in [0, 0.1) is 0 Å². The van der Waals surface area contributed by atoms with Crippen LogP contribution in [0.1, 0.15) is 6.92 Å². The smallest absolute Gasteiger partial charge is 0.322 e. The normalized spacial score (nSPS) is 15.7. The van der Waals surface area contributed by atoms with Crippen molar-refractivity contribution < 1.29 is 23.1 Å². The maximum Gasteiger partial charge on any atom is 0.322 e. The van der Waals surface area contributed by atoms with Gasteiger partial charge in [-0.15, -0.1) is 0 Å². The lowest BCUT2D eigenvalue weighted by Crippen LogP contribution is -2.44. The molecule has 0 heterocycles. The zero-order chi connectivity index (χ0) is 12.1. The minimum Gasteiger partial charge on any atom is -0.468 e. The van der Waals surface area contributed by atoms with Crippen LogP contribution in [0.15, 0.2) is 0 Å². The molecule has 0 aromatic heterocycles. The number of methoxy groups -OCH3 is 1. The second-order valence-corrected chi connectivity index (χ2v) is 4.89. The maximum atomic E-state index is 11.2. The summed E-state index contributed by atoms with van der Waals surface area (Å²) in [6.45, 7) is 1.32. The Morgan fingerprint density at radius 1 is 1.60 bits per heavy atom. The molecule has 0 aliphatic carbocycles. The van der Waals surface area contributed by atoms with Gasteiger partial charge in [0.1, 0.15) is 0 Å². The van der Waals surface area contributed by atoms with E-state index in [2.05, 4.69) is 9.46 Å². The van der Waals surface area contributed by atoms with E-state index in [1.165, 1.54) is 6.92 Å². The number of carbonyl (C=O) groups excluding carboxylic acids is 1. The second kappa shape index (κ2) is 6.01. The molecule has 0 aromatic rings. The van der Waals surface area contributed by atoms with Gasteiger partial charge >= 0.3 is 5.97 Å². The molecule has 0 bridgehead atoms. The highest BCUT2D eigenvalue weighted by Gasteiger charge is 2.18. The number of rotatable bonds is 6.